The molecule has 1 spiro atoms. The van der Waals surface area contributed by atoms with Crippen molar-refractivity contribution < 1.29 is 14.3 Å². The lowest BCUT2D eigenvalue weighted by Crippen LogP contribution is -2.49. The van der Waals surface area contributed by atoms with Crippen molar-refractivity contribution in [1.29, 1.82) is 0 Å². The zero-order chi connectivity index (χ0) is 13.3. The monoisotopic (exact) mass is 263 g/mol. The van der Waals surface area contributed by atoms with Gasteiger partial charge in [-0.05, 0) is 18.6 Å². The van der Waals surface area contributed by atoms with Crippen molar-refractivity contribution in [1.82, 2.24) is 4.98 Å². The lowest BCUT2D eigenvalue weighted by Gasteiger charge is -2.39. The summed E-state index contributed by atoms with van der Waals surface area (Å²) < 4.78 is 11.5. The zero-order valence-electron chi connectivity index (χ0n) is 10.7. The van der Waals surface area contributed by atoms with Gasteiger partial charge in [-0.3, -0.25) is 4.79 Å². The van der Waals surface area contributed by atoms with Crippen molar-refractivity contribution in [3.63, 3.8) is 0 Å². The summed E-state index contributed by atoms with van der Waals surface area (Å²) >= 11 is 0. The minimum atomic E-state index is -0.470. The van der Waals surface area contributed by atoms with Crippen LogP contribution in [0.15, 0.2) is 18.3 Å². The molecule has 0 saturated carbocycles. The van der Waals surface area contributed by atoms with E-state index in [9.17, 15) is 4.79 Å². The molecule has 0 unspecified atom stereocenters. The molecule has 0 aliphatic carbocycles. The zero-order valence-corrected chi connectivity index (χ0v) is 10.7. The number of nitrogens with zero attached hydrogens (tertiary/aromatic N) is 2. The normalized spacial score (nSPS) is 21.8. The molecule has 1 aromatic rings. The molecule has 1 amide bonds. The molecule has 102 valence electrons. The first-order valence-corrected chi connectivity index (χ1v) is 6.47. The van der Waals surface area contributed by atoms with E-state index >= 15 is 0 Å². The predicted octanol–water partition coefficient (Wildman–Crippen LogP) is 0.524. The summed E-state index contributed by atoms with van der Waals surface area (Å²) in [7, 11) is 0. The number of anilines is 1. The van der Waals surface area contributed by atoms with E-state index in [0.29, 0.717) is 25.3 Å². The fraction of sp³-hybridized carbons (Fsp3) is 0.538. The van der Waals surface area contributed by atoms with Crippen LogP contribution in [-0.2, 0) is 9.47 Å². The van der Waals surface area contributed by atoms with E-state index in [4.69, 9.17) is 15.2 Å². The van der Waals surface area contributed by atoms with E-state index in [1.807, 2.05) is 6.07 Å². The summed E-state index contributed by atoms with van der Waals surface area (Å²) in [6.45, 7) is 2.90. The SMILES string of the molecule is NC(=O)c1ccc(N2CCCC3(C2)OCCO3)nc1. The lowest BCUT2D eigenvalue weighted by molar-refractivity contribution is -0.161. The van der Waals surface area contributed by atoms with Gasteiger partial charge in [0.25, 0.3) is 0 Å². The van der Waals surface area contributed by atoms with Crippen molar-refractivity contribution in [3.8, 4) is 0 Å². The van der Waals surface area contributed by atoms with Gasteiger partial charge >= 0.3 is 0 Å². The minimum Gasteiger partial charge on any atom is -0.366 e. The van der Waals surface area contributed by atoms with E-state index in [0.717, 1.165) is 25.2 Å². The molecule has 2 aliphatic rings. The highest BCUT2D eigenvalue weighted by atomic mass is 16.7. The van der Waals surface area contributed by atoms with Gasteiger partial charge in [-0.25, -0.2) is 4.98 Å². The quantitative estimate of drug-likeness (QED) is 0.842. The van der Waals surface area contributed by atoms with Crippen LogP contribution in [0.5, 0.6) is 0 Å². The molecule has 0 bridgehead atoms. The van der Waals surface area contributed by atoms with Crippen LogP contribution in [0.25, 0.3) is 0 Å². The van der Waals surface area contributed by atoms with Gasteiger partial charge < -0.3 is 20.1 Å². The summed E-state index contributed by atoms with van der Waals surface area (Å²) in [5, 5.41) is 0. The third-order valence-corrected chi connectivity index (χ3v) is 3.59. The maximum Gasteiger partial charge on any atom is 0.250 e. The summed E-state index contributed by atoms with van der Waals surface area (Å²) in [4.78, 5) is 17.4. The smallest absolute Gasteiger partial charge is 0.250 e. The second-order valence-corrected chi connectivity index (χ2v) is 4.90. The fourth-order valence-electron chi connectivity index (χ4n) is 2.64. The second kappa shape index (κ2) is 4.79. The number of piperidine rings is 1. The number of ether oxygens (including phenoxy) is 2. The van der Waals surface area contributed by atoms with E-state index in [2.05, 4.69) is 9.88 Å². The van der Waals surface area contributed by atoms with E-state index in [1.165, 1.54) is 6.20 Å². The van der Waals surface area contributed by atoms with Crippen LogP contribution < -0.4 is 10.6 Å². The van der Waals surface area contributed by atoms with Crippen LogP contribution in [0.4, 0.5) is 5.82 Å². The van der Waals surface area contributed by atoms with Gasteiger partial charge in [0.1, 0.15) is 5.82 Å². The number of pyridine rings is 1. The predicted molar refractivity (Wildman–Crippen MR) is 68.8 cm³/mol. The minimum absolute atomic E-state index is 0.420. The third kappa shape index (κ3) is 2.41. The first-order valence-electron chi connectivity index (χ1n) is 6.47. The molecule has 6 nitrogen and oxygen atoms in total. The summed E-state index contributed by atoms with van der Waals surface area (Å²) in [6, 6.07) is 3.51. The molecule has 2 fully saturated rings. The maximum atomic E-state index is 11.0. The van der Waals surface area contributed by atoms with Crippen LogP contribution in [0.1, 0.15) is 23.2 Å². The second-order valence-electron chi connectivity index (χ2n) is 4.90. The van der Waals surface area contributed by atoms with Gasteiger partial charge in [-0.1, -0.05) is 0 Å². The number of primary amides is 1. The van der Waals surface area contributed by atoms with E-state index in [1.54, 1.807) is 6.07 Å². The number of nitrogens with two attached hydrogens (primary N) is 1. The average molecular weight is 263 g/mol. The van der Waals surface area contributed by atoms with E-state index in [-0.39, 0.29) is 0 Å². The summed E-state index contributed by atoms with van der Waals surface area (Å²) in [5.74, 6) is -0.109. The molecule has 3 heterocycles. The largest absolute Gasteiger partial charge is 0.366 e. The Balaban J connectivity index is 1.76. The van der Waals surface area contributed by atoms with Gasteiger partial charge in [0, 0.05) is 19.2 Å². The van der Waals surface area contributed by atoms with Crippen LogP contribution >= 0.6 is 0 Å². The van der Waals surface area contributed by atoms with Gasteiger partial charge in [0.2, 0.25) is 5.91 Å². The molecule has 0 aromatic carbocycles. The molecular formula is C13H17N3O3. The van der Waals surface area contributed by atoms with Crippen molar-refractivity contribution >= 4 is 11.7 Å². The number of hydrogen-bond acceptors (Lipinski definition) is 5. The highest BCUT2D eigenvalue weighted by molar-refractivity contribution is 5.92. The number of aromatic nitrogens is 1. The van der Waals surface area contributed by atoms with Crippen molar-refractivity contribution in [3.05, 3.63) is 23.9 Å². The average Bonchev–Trinajstić information content (AvgIpc) is 2.87. The van der Waals surface area contributed by atoms with Crippen LogP contribution in [0.2, 0.25) is 0 Å². The summed E-state index contributed by atoms with van der Waals surface area (Å²) in [6.07, 6.45) is 3.43. The Morgan fingerprint density at radius 2 is 2.16 bits per heavy atom. The standard InChI is InChI=1S/C13H17N3O3/c14-12(17)10-2-3-11(15-8-10)16-5-1-4-13(9-16)18-6-7-19-13/h2-3,8H,1,4-7,9H2,(H2,14,17). The topological polar surface area (TPSA) is 77.7 Å². The Bertz CT molecular complexity index is 469. The number of carbonyl (C=O) groups is 1. The van der Waals surface area contributed by atoms with Crippen LogP contribution in [0.3, 0.4) is 0 Å². The lowest BCUT2D eigenvalue weighted by atomic mass is 10.0. The molecule has 0 radical (unpaired) electrons. The highest BCUT2D eigenvalue weighted by Gasteiger charge is 2.41. The Hall–Kier alpha value is -1.66. The Morgan fingerprint density at radius 1 is 1.37 bits per heavy atom. The van der Waals surface area contributed by atoms with Crippen molar-refractivity contribution in [2.45, 2.75) is 18.6 Å². The molecule has 2 aliphatic heterocycles. The molecule has 0 atom stereocenters. The molecule has 6 heteroatoms. The third-order valence-electron chi connectivity index (χ3n) is 3.59. The maximum absolute atomic E-state index is 11.0. The van der Waals surface area contributed by atoms with Gasteiger partial charge in [-0.15, -0.1) is 0 Å². The van der Waals surface area contributed by atoms with Crippen LogP contribution in [0, 0.1) is 0 Å². The fourth-order valence-corrected chi connectivity index (χ4v) is 2.64. The molecule has 2 N–H and O–H groups in total. The molecule has 1 aromatic heterocycles. The van der Waals surface area contributed by atoms with Crippen LogP contribution in [-0.4, -0.2) is 43.0 Å². The Morgan fingerprint density at radius 3 is 2.79 bits per heavy atom. The first-order chi connectivity index (χ1) is 9.19. The van der Waals surface area contributed by atoms with E-state index < -0.39 is 11.7 Å². The summed E-state index contributed by atoms with van der Waals surface area (Å²) in [5.41, 5.74) is 5.62. The molecule has 2 saturated heterocycles. The molecule has 3 rings (SSSR count). The molecule has 19 heavy (non-hydrogen) atoms. The molecular weight excluding hydrogens is 246 g/mol. The highest BCUT2D eigenvalue weighted by Crippen LogP contribution is 2.31. The number of rotatable bonds is 2. The van der Waals surface area contributed by atoms with Gasteiger partial charge in [0.15, 0.2) is 5.79 Å². The van der Waals surface area contributed by atoms with Gasteiger partial charge in [-0.2, -0.15) is 0 Å². The number of hydrogen-bond donors (Lipinski definition) is 1. The first kappa shape index (κ1) is 12.4. The van der Waals surface area contributed by atoms with Crippen molar-refractivity contribution in [2.75, 3.05) is 31.2 Å². The number of carbonyl (C=O) groups excluding carboxylic acids is 1. The van der Waals surface area contributed by atoms with Crippen molar-refractivity contribution in [2.24, 2.45) is 5.73 Å². The number of amides is 1. The Labute approximate surface area is 111 Å². The van der Waals surface area contributed by atoms with Gasteiger partial charge in [0.05, 0.1) is 25.3 Å². The Kier molecular flexibility index (Phi) is 3.12.